The van der Waals surface area contributed by atoms with E-state index in [1.807, 2.05) is 83.1 Å². The van der Waals surface area contributed by atoms with E-state index in [0.29, 0.717) is 25.1 Å². The molecule has 35 heavy (non-hydrogen) atoms. The van der Waals surface area contributed by atoms with E-state index < -0.39 is 16.1 Å². The van der Waals surface area contributed by atoms with Crippen molar-refractivity contribution in [2.45, 2.75) is 72.5 Å². The highest BCUT2D eigenvalue weighted by Crippen LogP contribution is 2.22. The van der Waals surface area contributed by atoms with Gasteiger partial charge in [-0.15, -0.1) is 0 Å². The van der Waals surface area contributed by atoms with Crippen molar-refractivity contribution >= 4 is 27.5 Å². The van der Waals surface area contributed by atoms with Crippen molar-refractivity contribution in [3.8, 4) is 0 Å². The second-order valence-electron chi connectivity index (χ2n) is 9.38. The summed E-state index contributed by atoms with van der Waals surface area (Å²) in [7, 11) is -3.52. The van der Waals surface area contributed by atoms with Crippen LogP contribution in [0.3, 0.4) is 0 Å². The van der Waals surface area contributed by atoms with Crippen molar-refractivity contribution < 1.29 is 18.0 Å². The molecule has 1 N–H and O–H groups in total. The number of hydrogen-bond acceptors (Lipinski definition) is 4. The van der Waals surface area contributed by atoms with Gasteiger partial charge in [-0.1, -0.05) is 43.3 Å². The van der Waals surface area contributed by atoms with E-state index in [0.717, 1.165) is 16.7 Å². The molecule has 0 aromatic heterocycles. The van der Waals surface area contributed by atoms with Crippen molar-refractivity contribution in [2.75, 3.05) is 17.1 Å². The fourth-order valence-corrected chi connectivity index (χ4v) is 5.13. The van der Waals surface area contributed by atoms with Crippen LogP contribution in [-0.2, 0) is 26.2 Å². The number of amides is 2. The van der Waals surface area contributed by atoms with E-state index in [1.54, 1.807) is 4.90 Å². The molecule has 0 radical (unpaired) electrons. The minimum atomic E-state index is -3.52. The number of aryl methyl sites for hydroxylation is 2. The standard InChI is InChI=1S/C27H39N3O4S/c1-7-25(27(32)28-20(2)3)29(19-23-12-9-8-10-13-23)26(31)14-11-15-30(35(6,33)34)24-17-21(4)16-22(5)18-24/h8-10,12-13,16-18,20,25H,7,11,14-15,19H2,1-6H3,(H,28,32)/t25-/m1/s1. The SMILES string of the molecule is CC[C@H](C(=O)NC(C)C)N(Cc1ccccc1)C(=O)CCCN(c1cc(C)cc(C)c1)S(C)(=O)=O. The highest BCUT2D eigenvalue weighted by molar-refractivity contribution is 7.92. The second-order valence-corrected chi connectivity index (χ2v) is 11.3. The van der Waals surface area contributed by atoms with Crippen LogP contribution in [0.2, 0.25) is 0 Å². The van der Waals surface area contributed by atoms with Gasteiger partial charge < -0.3 is 10.2 Å². The van der Waals surface area contributed by atoms with Gasteiger partial charge in [-0.05, 0) is 69.4 Å². The molecule has 0 unspecified atom stereocenters. The predicted octanol–water partition coefficient (Wildman–Crippen LogP) is 4.18. The first-order valence-corrected chi connectivity index (χ1v) is 14.0. The fraction of sp³-hybridized carbons (Fsp3) is 0.481. The topological polar surface area (TPSA) is 86.8 Å². The first-order valence-electron chi connectivity index (χ1n) is 12.1. The summed E-state index contributed by atoms with van der Waals surface area (Å²) in [6.45, 7) is 10.0. The Balaban J connectivity index is 2.21. The van der Waals surface area contributed by atoms with Crippen LogP contribution >= 0.6 is 0 Å². The number of benzene rings is 2. The molecule has 2 amide bonds. The number of rotatable bonds is 12. The molecule has 1 atom stereocenters. The van der Waals surface area contributed by atoms with Gasteiger partial charge in [0.15, 0.2) is 0 Å². The lowest BCUT2D eigenvalue weighted by molar-refractivity contribution is -0.141. The van der Waals surface area contributed by atoms with Crippen molar-refractivity contribution in [2.24, 2.45) is 0 Å². The van der Waals surface area contributed by atoms with Crippen LogP contribution in [-0.4, -0.2) is 50.0 Å². The van der Waals surface area contributed by atoms with Crippen molar-refractivity contribution in [1.29, 1.82) is 0 Å². The zero-order valence-corrected chi connectivity index (χ0v) is 22.6. The number of carbonyl (C=O) groups is 2. The Morgan fingerprint density at radius 3 is 2.11 bits per heavy atom. The van der Waals surface area contributed by atoms with Crippen LogP contribution in [0.5, 0.6) is 0 Å². The maximum Gasteiger partial charge on any atom is 0.243 e. The first kappa shape index (κ1) is 28.4. The summed E-state index contributed by atoms with van der Waals surface area (Å²) in [6.07, 6.45) is 2.13. The van der Waals surface area contributed by atoms with E-state index >= 15 is 0 Å². The molecule has 0 aliphatic heterocycles. The van der Waals surface area contributed by atoms with Crippen LogP contribution in [0.15, 0.2) is 48.5 Å². The first-order chi connectivity index (χ1) is 16.4. The minimum absolute atomic E-state index is 0.0358. The van der Waals surface area contributed by atoms with E-state index in [2.05, 4.69) is 5.32 Å². The van der Waals surface area contributed by atoms with Crippen LogP contribution in [0.4, 0.5) is 5.69 Å². The molecular weight excluding hydrogens is 462 g/mol. The summed E-state index contributed by atoms with van der Waals surface area (Å²) < 4.78 is 26.4. The van der Waals surface area contributed by atoms with Crippen molar-refractivity contribution in [1.82, 2.24) is 10.2 Å². The third kappa shape index (κ3) is 8.69. The van der Waals surface area contributed by atoms with Crippen LogP contribution < -0.4 is 9.62 Å². The summed E-state index contributed by atoms with van der Waals surface area (Å²) >= 11 is 0. The molecule has 7 nitrogen and oxygen atoms in total. The van der Waals surface area contributed by atoms with Gasteiger partial charge >= 0.3 is 0 Å². The Kier molecular flexibility index (Phi) is 10.3. The third-order valence-electron chi connectivity index (χ3n) is 5.66. The predicted molar refractivity (Wildman–Crippen MR) is 142 cm³/mol. The average molecular weight is 502 g/mol. The molecule has 0 aliphatic rings. The number of carbonyl (C=O) groups excluding carboxylic acids is 2. The average Bonchev–Trinajstić information content (AvgIpc) is 2.75. The lowest BCUT2D eigenvalue weighted by atomic mass is 10.1. The highest BCUT2D eigenvalue weighted by atomic mass is 32.2. The Hall–Kier alpha value is -2.87. The van der Waals surface area contributed by atoms with Gasteiger partial charge in [-0.25, -0.2) is 8.42 Å². The molecule has 2 aromatic carbocycles. The molecule has 192 valence electrons. The highest BCUT2D eigenvalue weighted by Gasteiger charge is 2.29. The smallest absolute Gasteiger partial charge is 0.243 e. The van der Waals surface area contributed by atoms with Gasteiger partial charge in [0.1, 0.15) is 6.04 Å². The normalized spacial score (nSPS) is 12.3. The quantitative estimate of drug-likeness (QED) is 0.473. The molecule has 0 fully saturated rings. The minimum Gasteiger partial charge on any atom is -0.352 e. The molecule has 0 aliphatic carbocycles. The van der Waals surface area contributed by atoms with Crippen molar-refractivity contribution in [3.05, 3.63) is 65.2 Å². The number of sulfonamides is 1. The number of nitrogens with zero attached hydrogens (tertiary/aromatic N) is 2. The molecular formula is C27H39N3O4S. The molecule has 0 spiro atoms. The summed E-state index contributed by atoms with van der Waals surface area (Å²) in [6, 6.07) is 14.6. The van der Waals surface area contributed by atoms with Gasteiger partial charge in [0.05, 0.1) is 11.9 Å². The van der Waals surface area contributed by atoms with Gasteiger partial charge in [-0.2, -0.15) is 0 Å². The summed E-state index contributed by atoms with van der Waals surface area (Å²) in [4.78, 5) is 27.9. The Labute approximate surface area is 210 Å². The van der Waals surface area contributed by atoms with E-state index in [1.165, 1.54) is 10.6 Å². The molecule has 0 heterocycles. The lowest BCUT2D eigenvalue weighted by Gasteiger charge is -2.31. The fourth-order valence-electron chi connectivity index (χ4n) is 4.18. The number of nitrogens with one attached hydrogen (secondary N) is 1. The van der Waals surface area contributed by atoms with Crippen LogP contribution in [0.25, 0.3) is 0 Å². The van der Waals surface area contributed by atoms with Gasteiger partial charge in [0.25, 0.3) is 0 Å². The van der Waals surface area contributed by atoms with E-state index in [4.69, 9.17) is 0 Å². The Morgan fingerprint density at radius 2 is 1.60 bits per heavy atom. The number of anilines is 1. The van der Waals surface area contributed by atoms with Gasteiger partial charge in [-0.3, -0.25) is 13.9 Å². The van der Waals surface area contributed by atoms with E-state index in [-0.39, 0.29) is 30.8 Å². The molecule has 0 saturated heterocycles. The van der Waals surface area contributed by atoms with E-state index in [9.17, 15) is 18.0 Å². The monoisotopic (exact) mass is 501 g/mol. The molecule has 0 saturated carbocycles. The van der Waals surface area contributed by atoms with Crippen molar-refractivity contribution in [3.63, 3.8) is 0 Å². The molecule has 2 aromatic rings. The maximum absolute atomic E-state index is 13.4. The lowest BCUT2D eigenvalue weighted by Crippen LogP contribution is -2.50. The summed E-state index contributed by atoms with van der Waals surface area (Å²) in [5, 5.41) is 2.92. The van der Waals surface area contributed by atoms with Gasteiger partial charge in [0, 0.05) is 25.6 Å². The zero-order chi connectivity index (χ0) is 26.2. The Morgan fingerprint density at radius 1 is 1.00 bits per heavy atom. The third-order valence-corrected chi connectivity index (χ3v) is 6.85. The van der Waals surface area contributed by atoms with Crippen LogP contribution in [0.1, 0.15) is 56.7 Å². The van der Waals surface area contributed by atoms with Crippen LogP contribution in [0, 0.1) is 13.8 Å². The summed E-state index contributed by atoms with van der Waals surface area (Å²) in [5.41, 5.74) is 3.48. The molecule has 2 rings (SSSR count). The second kappa shape index (κ2) is 12.7. The molecule has 0 bridgehead atoms. The largest absolute Gasteiger partial charge is 0.352 e. The number of hydrogen-bond donors (Lipinski definition) is 1. The zero-order valence-electron chi connectivity index (χ0n) is 21.7. The molecule has 8 heteroatoms. The Bertz CT molecular complexity index is 1080. The van der Waals surface area contributed by atoms with Gasteiger partial charge in [0.2, 0.25) is 21.8 Å². The summed E-state index contributed by atoms with van der Waals surface area (Å²) in [5.74, 6) is -0.353. The maximum atomic E-state index is 13.4.